The molecular formula is C13H15NOS2. The normalized spacial score (nSPS) is 20.5. The van der Waals surface area contributed by atoms with Crippen molar-refractivity contribution >= 4 is 29.4 Å². The average molecular weight is 265 g/mol. The number of benzene rings is 1. The number of carbonyl (C=O) groups is 1. The van der Waals surface area contributed by atoms with Gasteiger partial charge in [0.1, 0.15) is 0 Å². The highest BCUT2D eigenvalue weighted by Crippen LogP contribution is 2.45. The van der Waals surface area contributed by atoms with E-state index in [-0.39, 0.29) is 5.91 Å². The smallest absolute Gasteiger partial charge is 0.251 e. The monoisotopic (exact) mass is 265 g/mol. The van der Waals surface area contributed by atoms with E-state index < -0.39 is 0 Å². The van der Waals surface area contributed by atoms with E-state index in [0.717, 1.165) is 18.4 Å². The standard InChI is InChI=1S/C13H15NOS2/c15-12(14-11-5-6-11)9-1-3-10(4-2-9)13-16-7-8-17-13/h1-4,11,13H,5-8H2,(H,14,15). The third-order valence-corrected chi connectivity index (χ3v) is 6.08. The number of amides is 1. The van der Waals surface area contributed by atoms with Crippen molar-refractivity contribution in [3.05, 3.63) is 35.4 Å². The van der Waals surface area contributed by atoms with E-state index in [9.17, 15) is 4.79 Å². The van der Waals surface area contributed by atoms with E-state index in [2.05, 4.69) is 17.4 Å². The molecule has 1 aromatic rings. The second kappa shape index (κ2) is 4.94. The Balaban J connectivity index is 1.67. The largest absolute Gasteiger partial charge is 0.349 e. The lowest BCUT2D eigenvalue weighted by atomic mass is 10.1. The van der Waals surface area contributed by atoms with Crippen molar-refractivity contribution in [2.24, 2.45) is 0 Å². The van der Waals surface area contributed by atoms with Crippen molar-refractivity contribution in [3.63, 3.8) is 0 Å². The van der Waals surface area contributed by atoms with Crippen LogP contribution in [0, 0.1) is 0 Å². The summed E-state index contributed by atoms with van der Waals surface area (Å²) in [6.45, 7) is 0. The lowest BCUT2D eigenvalue weighted by molar-refractivity contribution is 0.0951. The summed E-state index contributed by atoms with van der Waals surface area (Å²) in [6, 6.07) is 8.53. The van der Waals surface area contributed by atoms with Crippen molar-refractivity contribution in [2.75, 3.05) is 11.5 Å². The van der Waals surface area contributed by atoms with E-state index in [4.69, 9.17) is 0 Å². The molecule has 1 saturated carbocycles. The molecule has 0 unspecified atom stereocenters. The van der Waals surface area contributed by atoms with Crippen molar-refractivity contribution in [2.45, 2.75) is 23.5 Å². The Morgan fingerprint density at radius 3 is 2.35 bits per heavy atom. The maximum absolute atomic E-state index is 11.8. The number of thioether (sulfide) groups is 2. The van der Waals surface area contributed by atoms with E-state index in [1.807, 2.05) is 35.7 Å². The van der Waals surface area contributed by atoms with Crippen LogP contribution in [0.25, 0.3) is 0 Å². The fraction of sp³-hybridized carbons (Fsp3) is 0.462. The molecule has 1 N–H and O–H groups in total. The molecule has 2 fully saturated rings. The summed E-state index contributed by atoms with van der Waals surface area (Å²) in [4.78, 5) is 11.8. The van der Waals surface area contributed by atoms with E-state index >= 15 is 0 Å². The van der Waals surface area contributed by atoms with Gasteiger partial charge in [-0.3, -0.25) is 4.79 Å². The molecule has 90 valence electrons. The van der Waals surface area contributed by atoms with Gasteiger partial charge in [0.05, 0.1) is 4.58 Å². The number of hydrogen-bond donors (Lipinski definition) is 1. The lowest BCUT2D eigenvalue weighted by Crippen LogP contribution is -2.25. The Hall–Kier alpha value is -0.610. The molecule has 0 radical (unpaired) electrons. The minimum absolute atomic E-state index is 0.0748. The number of carbonyl (C=O) groups excluding carboxylic acids is 1. The summed E-state index contributed by atoms with van der Waals surface area (Å²) in [6.07, 6.45) is 2.28. The van der Waals surface area contributed by atoms with Crippen molar-refractivity contribution in [1.29, 1.82) is 0 Å². The zero-order valence-electron chi connectivity index (χ0n) is 9.52. The van der Waals surface area contributed by atoms with Crippen LogP contribution in [-0.2, 0) is 0 Å². The summed E-state index contributed by atoms with van der Waals surface area (Å²) >= 11 is 3.99. The first-order valence-electron chi connectivity index (χ1n) is 5.97. The molecule has 1 aliphatic carbocycles. The van der Waals surface area contributed by atoms with Crippen LogP contribution >= 0.6 is 23.5 Å². The van der Waals surface area contributed by atoms with Gasteiger partial charge in [-0.05, 0) is 30.5 Å². The SMILES string of the molecule is O=C(NC1CC1)c1ccc(C2SCCS2)cc1. The summed E-state index contributed by atoms with van der Waals surface area (Å²) in [7, 11) is 0. The van der Waals surface area contributed by atoms with Crippen molar-refractivity contribution in [1.82, 2.24) is 5.32 Å². The molecule has 17 heavy (non-hydrogen) atoms. The Bertz CT molecular complexity index is 408. The van der Waals surface area contributed by atoms with Crippen LogP contribution in [0.4, 0.5) is 0 Å². The molecular weight excluding hydrogens is 250 g/mol. The lowest BCUT2D eigenvalue weighted by Gasteiger charge is -2.09. The predicted molar refractivity (Wildman–Crippen MR) is 74.6 cm³/mol. The molecule has 0 atom stereocenters. The van der Waals surface area contributed by atoms with E-state index in [1.54, 1.807) is 0 Å². The van der Waals surface area contributed by atoms with Gasteiger partial charge in [-0.15, -0.1) is 23.5 Å². The fourth-order valence-electron chi connectivity index (χ4n) is 1.84. The molecule has 1 saturated heterocycles. The maximum atomic E-state index is 11.8. The van der Waals surface area contributed by atoms with Crippen LogP contribution in [0.3, 0.4) is 0 Å². The molecule has 0 spiro atoms. The van der Waals surface area contributed by atoms with Gasteiger partial charge in [0.2, 0.25) is 0 Å². The molecule has 1 amide bonds. The third kappa shape index (κ3) is 2.80. The van der Waals surface area contributed by atoms with Crippen LogP contribution in [0.15, 0.2) is 24.3 Å². The topological polar surface area (TPSA) is 29.1 Å². The van der Waals surface area contributed by atoms with Crippen LogP contribution < -0.4 is 5.32 Å². The second-order valence-corrected chi connectivity index (χ2v) is 7.17. The maximum Gasteiger partial charge on any atom is 0.251 e. The zero-order valence-corrected chi connectivity index (χ0v) is 11.2. The molecule has 0 aromatic heterocycles. The summed E-state index contributed by atoms with van der Waals surface area (Å²) in [5.74, 6) is 2.55. The highest BCUT2D eigenvalue weighted by Gasteiger charge is 2.24. The minimum atomic E-state index is 0.0748. The van der Waals surface area contributed by atoms with E-state index in [0.29, 0.717) is 10.6 Å². The first kappa shape index (κ1) is 11.5. The molecule has 3 rings (SSSR count). The average Bonchev–Trinajstić information content (AvgIpc) is 3.00. The van der Waals surface area contributed by atoms with Gasteiger partial charge in [0, 0.05) is 23.1 Å². The van der Waals surface area contributed by atoms with Gasteiger partial charge in [0.25, 0.3) is 5.91 Å². The highest BCUT2D eigenvalue weighted by molar-refractivity contribution is 8.19. The molecule has 1 aliphatic heterocycles. The Kier molecular flexibility index (Phi) is 3.34. The fourth-order valence-corrected chi connectivity index (χ4v) is 4.70. The summed E-state index contributed by atoms with van der Waals surface area (Å²) < 4.78 is 0.565. The van der Waals surface area contributed by atoms with Gasteiger partial charge >= 0.3 is 0 Å². The number of hydrogen-bond acceptors (Lipinski definition) is 3. The Morgan fingerprint density at radius 2 is 1.76 bits per heavy atom. The molecule has 4 heteroatoms. The predicted octanol–water partition coefficient (Wildman–Crippen LogP) is 3.06. The zero-order chi connectivity index (χ0) is 11.7. The molecule has 2 aliphatic rings. The van der Waals surface area contributed by atoms with Crippen LogP contribution in [0.5, 0.6) is 0 Å². The Morgan fingerprint density at radius 1 is 1.12 bits per heavy atom. The van der Waals surface area contributed by atoms with Gasteiger partial charge in [-0.1, -0.05) is 12.1 Å². The molecule has 1 heterocycles. The van der Waals surface area contributed by atoms with Crippen LogP contribution in [-0.4, -0.2) is 23.5 Å². The van der Waals surface area contributed by atoms with Crippen molar-refractivity contribution < 1.29 is 4.79 Å². The summed E-state index contributed by atoms with van der Waals surface area (Å²) in [5, 5.41) is 3.01. The second-order valence-electron chi connectivity index (χ2n) is 4.44. The third-order valence-electron chi connectivity index (χ3n) is 2.98. The Labute approximate surface area is 110 Å². The highest BCUT2D eigenvalue weighted by atomic mass is 32.2. The number of nitrogens with one attached hydrogen (secondary N) is 1. The number of rotatable bonds is 3. The van der Waals surface area contributed by atoms with Crippen LogP contribution in [0.1, 0.15) is 33.3 Å². The van der Waals surface area contributed by atoms with Crippen molar-refractivity contribution in [3.8, 4) is 0 Å². The van der Waals surface area contributed by atoms with Crippen LogP contribution in [0.2, 0.25) is 0 Å². The molecule has 1 aromatic carbocycles. The first-order chi connectivity index (χ1) is 8.33. The van der Waals surface area contributed by atoms with Gasteiger partial charge in [0.15, 0.2) is 0 Å². The molecule has 2 nitrogen and oxygen atoms in total. The first-order valence-corrected chi connectivity index (χ1v) is 8.07. The summed E-state index contributed by atoms with van der Waals surface area (Å²) in [5.41, 5.74) is 2.12. The minimum Gasteiger partial charge on any atom is -0.349 e. The molecule has 0 bridgehead atoms. The van der Waals surface area contributed by atoms with Gasteiger partial charge in [-0.2, -0.15) is 0 Å². The quantitative estimate of drug-likeness (QED) is 0.910. The van der Waals surface area contributed by atoms with E-state index in [1.165, 1.54) is 17.1 Å². The van der Waals surface area contributed by atoms with Gasteiger partial charge < -0.3 is 5.32 Å². The van der Waals surface area contributed by atoms with Gasteiger partial charge in [-0.25, -0.2) is 0 Å².